The van der Waals surface area contributed by atoms with E-state index in [1.165, 1.54) is 22.0 Å². The summed E-state index contributed by atoms with van der Waals surface area (Å²) in [5.41, 5.74) is -0.211. The molecule has 16 nitrogen and oxygen atoms in total. The zero-order chi connectivity index (χ0) is 36.9. The van der Waals surface area contributed by atoms with Crippen molar-refractivity contribution in [2.45, 2.75) is 52.2 Å². The summed E-state index contributed by atoms with van der Waals surface area (Å²) in [6.45, 7) is 4.61. The van der Waals surface area contributed by atoms with Crippen molar-refractivity contribution in [2.24, 2.45) is 0 Å². The van der Waals surface area contributed by atoms with E-state index in [0.717, 1.165) is 16.1 Å². The molecule has 0 bridgehead atoms. The lowest BCUT2D eigenvalue weighted by Gasteiger charge is -2.21. The molecule has 0 saturated carbocycles. The van der Waals surface area contributed by atoms with Gasteiger partial charge in [0.2, 0.25) is 5.43 Å². The fourth-order valence-corrected chi connectivity index (χ4v) is 5.31. The number of carboxylic acids is 1. The lowest BCUT2D eigenvalue weighted by Crippen LogP contribution is -2.45. The van der Waals surface area contributed by atoms with Gasteiger partial charge < -0.3 is 39.5 Å². The number of benzene rings is 2. The Morgan fingerprint density at radius 3 is 2.10 bits per heavy atom. The second-order valence-corrected chi connectivity index (χ2v) is 12.6. The first-order valence-electron chi connectivity index (χ1n) is 15.9. The standard InChI is InChI=1S/C35H39N5O11/c1-35(2,3)51-34(46)37-27-17-38-16-26(30(33(44)45)40(38)32(27)43)31(42)36-15-23-14-28(41)29(49-19-21-6-10-24(47-4)11-7-21)18-39(23)50-20-22-8-12-25(48-5)13-9-22/h6-14,18,27H,15-17,19-20H2,1-5H3,(H,36,42)(H,37,46)(H,44,45). The fourth-order valence-electron chi connectivity index (χ4n) is 5.31. The maximum atomic E-state index is 13.4. The van der Waals surface area contributed by atoms with Crippen LogP contribution in [0.1, 0.15) is 37.6 Å². The van der Waals surface area contributed by atoms with E-state index in [0.29, 0.717) is 11.5 Å². The Kier molecular flexibility index (Phi) is 10.8. The summed E-state index contributed by atoms with van der Waals surface area (Å²) in [7, 11) is 3.12. The summed E-state index contributed by atoms with van der Waals surface area (Å²) in [5.74, 6) is -1.69. The molecule has 0 radical (unpaired) electrons. The summed E-state index contributed by atoms with van der Waals surface area (Å²) in [6.07, 6.45) is 0.534. The highest BCUT2D eigenvalue weighted by Gasteiger charge is 2.49. The van der Waals surface area contributed by atoms with Gasteiger partial charge in [0.05, 0.1) is 44.8 Å². The predicted molar refractivity (Wildman–Crippen MR) is 179 cm³/mol. The van der Waals surface area contributed by atoms with E-state index >= 15 is 0 Å². The van der Waals surface area contributed by atoms with Crippen LogP contribution in [0.25, 0.3) is 0 Å². The van der Waals surface area contributed by atoms with Gasteiger partial charge in [0.1, 0.15) is 36.4 Å². The summed E-state index contributed by atoms with van der Waals surface area (Å²) >= 11 is 0. The van der Waals surface area contributed by atoms with Crippen LogP contribution >= 0.6 is 0 Å². The maximum absolute atomic E-state index is 13.4. The first-order chi connectivity index (χ1) is 24.3. The van der Waals surface area contributed by atoms with Gasteiger partial charge in [-0.05, 0) is 56.2 Å². The minimum atomic E-state index is -1.51. The zero-order valence-corrected chi connectivity index (χ0v) is 28.8. The Labute approximate surface area is 293 Å². The van der Waals surface area contributed by atoms with E-state index in [1.54, 1.807) is 83.5 Å². The normalized spacial score (nSPS) is 15.7. The van der Waals surface area contributed by atoms with Crippen LogP contribution in [0.4, 0.5) is 4.79 Å². The number of aliphatic carboxylic acids is 1. The number of hydrazine groups is 1. The minimum absolute atomic E-state index is 0.0104. The number of alkyl carbamates (subject to hydrolysis) is 1. The van der Waals surface area contributed by atoms with Crippen molar-refractivity contribution >= 4 is 23.9 Å². The molecule has 16 heteroatoms. The van der Waals surface area contributed by atoms with Crippen molar-refractivity contribution in [3.8, 4) is 17.2 Å². The zero-order valence-electron chi connectivity index (χ0n) is 28.8. The molecule has 2 aromatic carbocycles. The first-order valence-corrected chi connectivity index (χ1v) is 15.9. The second-order valence-electron chi connectivity index (χ2n) is 12.6. The quantitative estimate of drug-likeness (QED) is 0.235. The number of hydrogen-bond donors (Lipinski definition) is 3. The van der Waals surface area contributed by atoms with Gasteiger partial charge in [-0.15, -0.1) is 0 Å². The van der Waals surface area contributed by atoms with Gasteiger partial charge in [0, 0.05) is 12.6 Å². The molecule has 3 heterocycles. The van der Waals surface area contributed by atoms with Crippen molar-refractivity contribution in [1.82, 2.24) is 25.4 Å². The molecular formula is C35H39N5O11. The molecule has 5 rings (SSSR count). The Morgan fingerprint density at radius 1 is 0.922 bits per heavy atom. The van der Waals surface area contributed by atoms with Gasteiger partial charge >= 0.3 is 12.1 Å². The maximum Gasteiger partial charge on any atom is 0.408 e. The van der Waals surface area contributed by atoms with E-state index < -0.39 is 46.6 Å². The largest absolute Gasteiger partial charge is 0.497 e. The van der Waals surface area contributed by atoms with Crippen LogP contribution in [0.15, 0.2) is 76.9 Å². The monoisotopic (exact) mass is 705 g/mol. The number of carbonyl (C=O) groups is 4. The number of pyridine rings is 1. The highest BCUT2D eigenvalue weighted by molar-refractivity contribution is 6.06. The smallest absolute Gasteiger partial charge is 0.408 e. The lowest BCUT2D eigenvalue weighted by atomic mass is 10.1. The van der Waals surface area contributed by atoms with Crippen molar-refractivity contribution in [3.63, 3.8) is 0 Å². The third-order valence-electron chi connectivity index (χ3n) is 7.76. The number of nitrogens with zero attached hydrogens (tertiary/aromatic N) is 3. The molecule has 1 aromatic heterocycles. The predicted octanol–water partition coefficient (Wildman–Crippen LogP) is 1.99. The molecule has 1 saturated heterocycles. The van der Waals surface area contributed by atoms with Crippen molar-refractivity contribution in [3.05, 3.63) is 99.1 Å². The average Bonchev–Trinajstić information content (AvgIpc) is 3.61. The number of carboxylic acid groups (broad SMARTS) is 1. The molecular weight excluding hydrogens is 666 g/mol. The van der Waals surface area contributed by atoms with E-state index in [9.17, 15) is 29.1 Å². The summed E-state index contributed by atoms with van der Waals surface area (Å²) in [4.78, 5) is 70.3. The van der Waals surface area contributed by atoms with E-state index in [4.69, 9.17) is 23.8 Å². The second kappa shape index (κ2) is 15.2. The van der Waals surface area contributed by atoms with Gasteiger partial charge in [-0.3, -0.25) is 14.4 Å². The van der Waals surface area contributed by atoms with Gasteiger partial charge in [-0.1, -0.05) is 24.3 Å². The van der Waals surface area contributed by atoms with Crippen LogP contribution in [-0.4, -0.2) is 82.7 Å². The molecule has 3 N–H and O–H groups in total. The number of hydrogen-bond acceptors (Lipinski definition) is 11. The average molecular weight is 706 g/mol. The third-order valence-corrected chi connectivity index (χ3v) is 7.76. The van der Waals surface area contributed by atoms with E-state index in [2.05, 4.69) is 10.6 Å². The molecule has 1 unspecified atom stereocenters. The number of carbonyl (C=O) groups excluding carboxylic acids is 3. The Balaban J connectivity index is 1.33. The van der Waals surface area contributed by atoms with Crippen LogP contribution in [0.2, 0.25) is 0 Å². The molecule has 51 heavy (non-hydrogen) atoms. The number of methoxy groups -OCH3 is 2. The Morgan fingerprint density at radius 2 is 1.53 bits per heavy atom. The molecule has 270 valence electrons. The number of ether oxygens (including phenoxy) is 4. The van der Waals surface area contributed by atoms with Crippen LogP contribution in [0.3, 0.4) is 0 Å². The molecule has 0 aliphatic carbocycles. The Hall–Kier alpha value is -6.03. The summed E-state index contributed by atoms with van der Waals surface area (Å²) in [6, 6.07) is 14.5. The molecule has 3 amide bonds. The molecule has 1 atom stereocenters. The van der Waals surface area contributed by atoms with Gasteiger partial charge in [-0.25, -0.2) is 19.6 Å². The summed E-state index contributed by atoms with van der Waals surface area (Å²) < 4.78 is 22.7. The van der Waals surface area contributed by atoms with Crippen LogP contribution in [0, 0.1) is 0 Å². The van der Waals surface area contributed by atoms with Crippen LogP contribution < -0.4 is 35.1 Å². The van der Waals surface area contributed by atoms with Gasteiger partial charge in [0.25, 0.3) is 11.8 Å². The third kappa shape index (κ3) is 8.77. The van der Waals surface area contributed by atoms with Gasteiger partial charge in [-0.2, -0.15) is 4.73 Å². The fraction of sp³-hybridized carbons (Fsp3) is 0.343. The van der Waals surface area contributed by atoms with Crippen LogP contribution in [0.5, 0.6) is 17.2 Å². The van der Waals surface area contributed by atoms with E-state index in [-0.39, 0.29) is 49.9 Å². The minimum Gasteiger partial charge on any atom is -0.497 e. The molecule has 1 fully saturated rings. The van der Waals surface area contributed by atoms with Crippen molar-refractivity contribution in [1.29, 1.82) is 0 Å². The number of amides is 3. The van der Waals surface area contributed by atoms with Crippen molar-refractivity contribution < 1.29 is 48.1 Å². The number of nitrogens with one attached hydrogen (secondary N) is 2. The van der Waals surface area contributed by atoms with Crippen molar-refractivity contribution in [2.75, 3.05) is 27.3 Å². The number of rotatable bonds is 13. The van der Waals surface area contributed by atoms with E-state index in [1.807, 2.05) is 0 Å². The van der Waals surface area contributed by atoms with Gasteiger partial charge in [0.15, 0.2) is 11.4 Å². The summed E-state index contributed by atoms with van der Waals surface area (Å²) in [5, 5.41) is 17.3. The highest BCUT2D eigenvalue weighted by Crippen LogP contribution is 2.30. The topological polar surface area (TPSA) is 187 Å². The Bertz CT molecular complexity index is 1880. The molecule has 3 aromatic rings. The number of fused-ring (bicyclic) bond motifs is 1. The highest BCUT2D eigenvalue weighted by atomic mass is 16.7. The molecule has 0 spiro atoms. The van der Waals surface area contributed by atoms with Crippen LogP contribution in [-0.2, 0) is 38.9 Å². The SMILES string of the molecule is COc1ccc(COc2cn(OCc3ccc(OC)cc3)c(CNC(=O)C3=C(C(=O)O)N4C(=O)C(NC(=O)OC(C)(C)C)CN4C3)cc2=O)cc1. The lowest BCUT2D eigenvalue weighted by molar-refractivity contribution is -0.143. The molecule has 2 aliphatic rings. The number of aromatic nitrogens is 1. The first kappa shape index (κ1) is 36.3. The molecule has 2 aliphatic heterocycles.